The highest BCUT2D eigenvalue weighted by Gasteiger charge is 2.10. The van der Waals surface area contributed by atoms with E-state index in [4.69, 9.17) is 23.2 Å². The summed E-state index contributed by atoms with van der Waals surface area (Å²) < 4.78 is 0. The van der Waals surface area contributed by atoms with Gasteiger partial charge in [0.05, 0.1) is 10.0 Å². The fraction of sp³-hybridized carbons (Fsp3) is 0.235. The van der Waals surface area contributed by atoms with E-state index in [0.717, 1.165) is 22.3 Å². The number of hydrogen-bond donors (Lipinski definition) is 0. The van der Waals surface area contributed by atoms with Gasteiger partial charge in [-0.25, -0.2) is 0 Å². The molecule has 1 nitrogen and oxygen atoms in total. The Kier molecular flexibility index (Phi) is 4.85. The molecule has 0 radical (unpaired) electrons. The van der Waals surface area contributed by atoms with Crippen molar-refractivity contribution in [2.75, 3.05) is 0 Å². The zero-order valence-corrected chi connectivity index (χ0v) is 13.1. The largest absolute Gasteiger partial charge is 0.299 e. The molecular weight excluding hydrogens is 291 g/mol. The van der Waals surface area contributed by atoms with Crippen LogP contribution < -0.4 is 0 Å². The van der Waals surface area contributed by atoms with E-state index in [-0.39, 0.29) is 5.78 Å². The van der Waals surface area contributed by atoms with Gasteiger partial charge in [0.25, 0.3) is 0 Å². The van der Waals surface area contributed by atoms with Crippen molar-refractivity contribution in [2.24, 2.45) is 0 Å². The minimum atomic E-state index is 0.181. The molecule has 0 aromatic heterocycles. The number of Topliss-reactive ketones (excluding diaryl/α,β-unsaturated/α-hetero) is 1. The lowest BCUT2D eigenvalue weighted by atomic mass is 9.96. The van der Waals surface area contributed by atoms with Crippen LogP contribution in [-0.4, -0.2) is 5.78 Å². The van der Waals surface area contributed by atoms with Crippen LogP contribution in [0.1, 0.15) is 22.3 Å². The van der Waals surface area contributed by atoms with Crippen LogP contribution in [0.4, 0.5) is 0 Å². The zero-order valence-electron chi connectivity index (χ0n) is 11.5. The minimum absolute atomic E-state index is 0.181. The standard InChI is InChI=1S/C17H16Cl2O/c1-11-4-3-5-12(2)15(11)10-14(20)8-13-6-7-16(18)17(19)9-13/h3-7,9H,8,10H2,1-2H3. The van der Waals surface area contributed by atoms with Crippen molar-refractivity contribution in [2.45, 2.75) is 26.7 Å². The molecule has 3 heteroatoms. The third-order valence-electron chi connectivity index (χ3n) is 3.40. The molecule has 0 fully saturated rings. The van der Waals surface area contributed by atoms with Gasteiger partial charge >= 0.3 is 0 Å². The van der Waals surface area contributed by atoms with E-state index in [2.05, 4.69) is 0 Å². The van der Waals surface area contributed by atoms with E-state index in [1.165, 1.54) is 0 Å². The Balaban J connectivity index is 2.11. The minimum Gasteiger partial charge on any atom is -0.299 e. The maximum atomic E-state index is 12.2. The fourth-order valence-corrected chi connectivity index (χ4v) is 2.59. The van der Waals surface area contributed by atoms with E-state index < -0.39 is 0 Å². The fourth-order valence-electron chi connectivity index (χ4n) is 2.26. The molecule has 0 aliphatic heterocycles. The molecule has 0 saturated carbocycles. The summed E-state index contributed by atoms with van der Waals surface area (Å²) in [4.78, 5) is 12.2. The number of aryl methyl sites for hydroxylation is 2. The monoisotopic (exact) mass is 306 g/mol. The van der Waals surface area contributed by atoms with E-state index in [1.54, 1.807) is 12.1 Å². The molecule has 0 spiro atoms. The Hall–Kier alpha value is -1.31. The number of hydrogen-bond acceptors (Lipinski definition) is 1. The Bertz CT molecular complexity index is 627. The van der Waals surface area contributed by atoms with Crippen molar-refractivity contribution >= 4 is 29.0 Å². The van der Waals surface area contributed by atoms with Crippen LogP contribution in [0.15, 0.2) is 36.4 Å². The first-order valence-electron chi connectivity index (χ1n) is 6.48. The average molecular weight is 307 g/mol. The van der Waals surface area contributed by atoms with Crippen LogP contribution in [0, 0.1) is 13.8 Å². The quantitative estimate of drug-likeness (QED) is 0.780. The third kappa shape index (κ3) is 3.62. The lowest BCUT2D eigenvalue weighted by Crippen LogP contribution is -2.09. The van der Waals surface area contributed by atoms with Crippen molar-refractivity contribution in [1.82, 2.24) is 0 Å². The molecular formula is C17H16Cl2O. The van der Waals surface area contributed by atoms with Crippen LogP contribution in [-0.2, 0) is 17.6 Å². The highest BCUT2D eigenvalue weighted by atomic mass is 35.5. The Morgan fingerprint density at radius 2 is 1.60 bits per heavy atom. The maximum Gasteiger partial charge on any atom is 0.141 e. The molecule has 0 unspecified atom stereocenters. The summed E-state index contributed by atoms with van der Waals surface area (Å²) in [7, 11) is 0. The molecule has 2 aromatic rings. The molecule has 2 rings (SSSR count). The van der Waals surface area contributed by atoms with Crippen molar-refractivity contribution < 1.29 is 4.79 Å². The van der Waals surface area contributed by atoms with E-state index >= 15 is 0 Å². The van der Waals surface area contributed by atoms with E-state index in [9.17, 15) is 4.79 Å². The van der Waals surface area contributed by atoms with Gasteiger partial charge in [-0.15, -0.1) is 0 Å². The first-order valence-corrected chi connectivity index (χ1v) is 7.23. The molecule has 0 bridgehead atoms. The van der Waals surface area contributed by atoms with Crippen molar-refractivity contribution in [3.8, 4) is 0 Å². The normalized spacial score (nSPS) is 10.6. The molecule has 20 heavy (non-hydrogen) atoms. The smallest absolute Gasteiger partial charge is 0.141 e. The Morgan fingerprint density at radius 1 is 0.950 bits per heavy atom. The van der Waals surface area contributed by atoms with Crippen LogP contribution in [0.25, 0.3) is 0 Å². The number of halogens is 2. The average Bonchev–Trinajstić information content (AvgIpc) is 2.38. The predicted molar refractivity (Wildman–Crippen MR) is 84.8 cm³/mol. The van der Waals surface area contributed by atoms with Crippen molar-refractivity contribution in [3.05, 3.63) is 68.7 Å². The lowest BCUT2D eigenvalue weighted by molar-refractivity contribution is -0.117. The Morgan fingerprint density at radius 3 is 2.20 bits per heavy atom. The maximum absolute atomic E-state index is 12.2. The zero-order chi connectivity index (χ0) is 14.7. The number of carbonyl (C=O) groups excluding carboxylic acids is 1. The van der Waals surface area contributed by atoms with Crippen LogP contribution in [0.5, 0.6) is 0 Å². The number of carbonyl (C=O) groups is 1. The van der Waals surface area contributed by atoms with Gasteiger partial charge in [0.2, 0.25) is 0 Å². The number of benzene rings is 2. The molecule has 0 aliphatic rings. The van der Waals surface area contributed by atoms with Crippen LogP contribution in [0.2, 0.25) is 10.0 Å². The van der Waals surface area contributed by atoms with Gasteiger partial charge in [0.1, 0.15) is 5.78 Å². The second kappa shape index (κ2) is 6.43. The molecule has 104 valence electrons. The second-order valence-corrected chi connectivity index (χ2v) is 5.83. The summed E-state index contributed by atoms with van der Waals surface area (Å²) in [5.41, 5.74) is 4.34. The van der Waals surface area contributed by atoms with Gasteiger partial charge in [0, 0.05) is 12.8 Å². The SMILES string of the molecule is Cc1cccc(C)c1CC(=O)Cc1ccc(Cl)c(Cl)c1. The number of rotatable bonds is 4. The highest BCUT2D eigenvalue weighted by molar-refractivity contribution is 6.42. The molecule has 0 N–H and O–H groups in total. The third-order valence-corrected chi connectivity index (χ3v) is 4.14. The summed E-state index contributed by atoms with van der Waals surface area (Å²) >= 11 is 11.8. The lowest BCUT2D eigenvalue weighted by Gasteiger charge is -2.09. The van der Waals surface area contributed by atoms with Gasteiger partial charge < -0.3 is 0 Å². The summed E-state index contributed by atoms with van der Waals surface area (Å²) in [5.74, 6) is 0.181. The van der Waals surface area contributed by atoms with Gasteiger partial charge in [-0.05, 0) is 48.2 Å². The van der Waals surface area contributed by atoms with Crippen LogP contribution >= 0.6 is 23.2 Å². The molecule has 0 amide bonds. The summed E-state index contributed by atoms with van der Waals surface area (Å²) in [5, 5.41) is 1.00. The Labute approximate surface area is 129 Å². The van der Waals surface area contributed by atoms with Crippen LogP contribution in [0.3, 0.4) is 0 Å². The van der Waals surface area contributed by atoms with Crippen molar-refractivity contribution in [3.63, 3.8) is 0 Å². The van der Waals surface area contributed by atoms with Gasteiger partial charge in [-0.2, -0.15) is 0 Å². The van der Waals surface area contributed by atoms with E-state index in [0.29, 0.717) is 22.9 Å². The molecule has 0 atom stereocenters. The van der Waals surface area contributed by atoms with E-state index in [1.807, 2.05) is 38.1 Å². The second-order valence-electron chi connectivity index (χ2n) is 5.01. The molecule has 0 saturated heterocycles. The molecule has 2 aromatic carbocycles. The topological polar surface area (TPSA) is 17.1 Å². The summed E-state index contributed by atoms with van der Waals surface area (Å²) in [6, 6.07) is 11.4. The first-order chi connectivity index (χ1) is 9.47. The van der Waals surface area contributed by atoms with Gasteiger partial charge in [-0.3, -0.25) is 4.79 Å². The van der Waals surface area contributed by atoms with Gasteiger partial charge in [0.15, 0.2) is 0 Å². The first kappa shape index (κ1) is 15.1. The van der Waals surface area contributed by atoms with Gasteiger partial charge in [-0.1, -0.05) is 47.5 Å². The molecule has 0 aliphatic carbocycles. The molecule has 0 heterocycles. The van der Waals surface area contributed by atoms with Crippen molar-refractivity contribution in [1.29, 1.82) is 0 Å². The highest BCUT2D eigenvalue weighted by Crippen LogP contribution is 2.23. The summed E-state index contributed by atoms with van der Waals surface area (Å²) in [6.45, 7) is 4.07. The summed E-state index contributed by atoms with van der Waals surface area (Å²) in [6.07, 6.45) is 0.837. The predicted octanol–water partition coefficient (Wildman–Crippen LogP) is 4.96. The number of ketones is 1.